The van der Waals surface area contributed by atoms with Gasteiger partial charge in [0.25, 0.3) is 0 Å². The van der Waals surface area contributed by atoms with Crippen molar-refractivity contribution in [3.05, 3.63) is 41.0 Å². The quantitative estimate of drug-likeness (QED) is 0.806. The summed E-state index contributed by atoms with van der Waals surface area (Å²) in [5, 5.41) is 8.91. The molecule has 1 amide bonds. The van der Waals surface area contributed by atoms with Crippen molar-refractivity contribution in [2.45, 2.75) is 13.3 Å². The predicted octanol–water partition coefficient (Wildman–Crippen LogP) is 1.58. The molecule has 16 heavy (non-hydrogen) atoms. The van der Waals surface area contributed by atoms with Crippen LogP contribution in [0.1, 0.15) is 27.9 Å². The highest BCUT2D eigenvalue weighted by Gasteiger charge is 2.06. The molecule has 0 aromatic heterocycles. The molecule has 1 rings (SSSR count). The van der Waals surface area contributed by atoms with Crippen molar-refractivity contribution in [3.8, 4) is 0 Å². The van der Waals surface area contributed by atoms with Crippen LogP contribution >= 0.6 is 0 Å². The van der Waals surface area contributed by atoms with Gasteiger partial charge in [0.05, 0.1) is 5.56 Å². The van der Waals surface area contributed by atoms with Crippen LogP contribution in [0, 0.1) is 6.92 Å². The van der Waals surface area contributed by atoms with E-state index in [0.29, 0.717) is 5.56 Å². The van der Waals surface area contributed by atoms with Crippen LogP contribution in [0.15, 0.2) is 24.3 Å². The average Bonchev–Trinajstić information content (AvgIpc) is 2.19. The van der Waals surface area contributed by atoms with Crippen molar-refractivity contribution < 1.29 is 14.7 Å². The Kier molecular flexibility index (Phi) is 3.83. The van der Waals surface area contributed by atoms with Crippen molar-refractivity contribution in [2.24, 2.45) is 5.73 Å². The van der Waals surface area contributed by atoms with Crippen molar-refractivity contribution in [1.29, 1.82) is 0 Å². The molecule has 3 N–H and O–H groups in total. The van der Waals surface area contributed by atoms with Gasteiger partial charge in [-0.2, -0.15) is 0 Å². The summed E-state index contributed by atoms with van der Waals surface area (Å²) in [6, 6.07) is 5.09. The van der Waals surface area contributed by atoms with Crippen LogP contribution in [0.4, 0.5) is 0 Å². The van der Waals surface area contributed by atoms with Gasteiger partial charge in [0, 0.05) is 6.42 Å². The lowest BCUT2D eigenvalue weighted by Gasteiger charge is -2.01. The molecular formula is C12H13NO3. The fourth-order valence-electron chi connectivity index (χ4n) is 1.28. The number of carbonyl (C=O) groups is 2. The summed E-state index contributed by atoms with van der Waals surface area (Å²) < 4.78 is 0. The molecule has 0 unspecified atom stereocenters. The van der Waals surface area contributed by atoms with E-state index in [2.05, 4.69) is 0 Å². The zero-order chi connectivity index (χ0) is 12.1. The molecule has 1 aromatic rings. The van der Waals surface area contributed by atoms with Crippen LogP contribution < -0.4 is 5.73 Å². The van der Waals surface area contributed by atoms with Crippen LogP contribution in [0.3, 0.4) is 0 Å². The Morgan fingerprint density at radius 3 is 2.69 bits per heavy atom. The lowest BCUT2D eigenvalue weighted by molar-refractivity contribution is -0.117. The molecule has 0 aliphatic rings. The number of hydrogen-bond donors (Lipinski definition) is 2. The van der Waals surface area contributed by atoms with E-state index in [1.165, 1.54) is 0 Å². The molecule has 0 saturated heterocycles. The Balaban J connectivity index is 2.91. The predicted molar refractivity (Wildman–Crippen MR) is 61.0 cm³/mol. The highest BCUT2D eigenvalue weighted by molar-refractivity contribution is 5.90. The lowest BCUT2D eigenvalue weighted by atomic mass is 10.0. The van der Waals surface area contributed by atoms with Crippen LogP contribution in [0.25, 0.3) is 6.08 Å². The molecule has 0 radical (unpaired) electrons. The summed E-state index contributed by atoms with van der Waals surface area (Å²) in [5.74, 6) is -1.37. The molecule has 0 spiro atoms. The van der Waals surface area contributed by atoms with Crippen molar-refractivity contribution in [2.75, 3.05) is 0 Å². The SMILES string of the molecule is Cc1ccc(C=CCC(N)=O)cc1C(=O)O. The topological polar surface area (TPSA) is 80.4 Å². The second-order valence-corrected chi connectivity index (χ2v) is 3.45. The summed E-state index contributed by atoms with van der Waals surface area (Å²) in [7, 11) is 0. The van der Waals surface area contributed by atoms with E-state index in [1.807, 2.05) is 0 Å². The van der Waals surface area contributed by atoms with Gasteiger partial charge in [0.15, 0.2) is 0 Å². The maximum atomic E-state index is 10.9. The molecule has 4 heteroatoms. The minimum Gasteiger partial charge on any atom is -0.478 e. The molecule has 0 aliphatic heterocycles. The molecule has 0 fully saturated rings. The third-order valence-electron chi connectivity index (χ3n) is 2.12. The zero-order valence-corrected chi connectivity index (χ0v) is 8.93. The highest BCUT2D eigenvalue weighted by Crippen LogP contribution is 2.12. The van der Waals surface area contributed by atoms with Gasteiger partial charge in [-0.15, -0.1) is 0 Å². The van der Waals surface area contributed by atoms with Crippen molar-refractivity contribution in [1.82, 2.24) is 0 Å². The van der Waals surface area contributed by atoms with E-state index in [4.69, 9.17) is 10.8 Å². The standard InChI is InChI=1S/C12H13NO3/c1-8-5-6-9(3-2-4-11(13)14)7-10(8)12(15)16/h2-3,5-7H,4H2,1H3,(H2,13,14)(H,15,16). The monoisotopic (exact) mass is 219 g/mol. The third-order valence-corrected chi connectivity index (χ3v) is 2.12. The zero-order valence-electron chi connectivity index (χ0n) is 8.93. The summed E-state index contributed by atoms with van der Waals surface area (Å²) in [5.41, 5.74) is 6.69. The van der Waals surface area contributed by atoms with Crippen LogP contribution in [-0.2, 0) is 4.79 Å². The minimum atomic E-state index is -0.956. The van der Waals surface area contributed by atoms with E-state index < -0.39 is 11.9 Å². The molecule has 0 atom stereocenters. The number of nitrogens with two attached hydrogens (primary N) is 1. The van der Waals surface area contributed by atoms with E-state index in [0.717, 1.165) is 5.56 Å². The van der Waals surface area contributed by atoms with Gasteiger partial charge in [0.2, 0.25) is 5.91 Å². The van der Waals surface area contributed by atoms with Gasteiger partial charge < -0.3 is 10.8 Å². The van der Waals surface area contributed by atoms with E-state index in [1.54, 1.807) is 37.3 Å². The first kappa shape index (κ1) is 12.0. The number of carbonyl (C=O) groups excluding carboxylic acids is 1. The largest absolute Gasteiger partial charge is 0.478 e. The number of carboxylic acids is 1. The lowest BCUT2D eigenvalue weighted by Crippen LogP contribution is -2.07. The summed E-state index contributed by atoms with van der Waals surface area (Å²) in [4.78, 5) is 21.4. The second-order valence-electron chi connectivity index (χ2n) is 3.45. The molecule has 4 nitrogen and oxygen atoms in total. The first-order valence-electron chi connectivity index (χ1n) is 4.79. The van der Waals surface area contributed by atoms with Crippen molar-refractivity contribution >= 4 is 18.0 Å². The second kappa shape index (κ2) is 5.11. The number of hydrogen-bond acceptors (Lipinski definition) is 2. The Morgan fingerprint density at radius 2 is 2.12 bits per heavy atom. The van der Waals surface area contributed by atoms with E-state index in [9.17, 15) is 9.59 Å². The average molecular weight is 219 g/mol. The smallest absolute Gasteiger partial charge is 0.335 e. The number of carboxylic acid groups (broad SMARTS) is 1. The molecule has 84 valence electrons. The first-order chi connectivity index (χ1) is 7.50. The minimum absolute atomic E-state index is 0.149. The van der Waals surface area contributed by atoms with Gasteiger partial charge >= 0.3 is 5.97 Å². The number of primary amides is 1. The van der Waals surface area contributed by atoms with E-state index in [-0.39, 0.29) is 12.0 Å². The molecule has 1 aromatic carbocycles. The molecule has 0 saturated carbocycles. The fraction of sp³-hybridized carbons (Fsp3) is 0.167. The van der Waals surface area contributed by atoms with Gasteiger partial charge in [-0.3, -0.25) is 4.79 Å². The third kappa shape index (κ3) is 3.24. The number of benzene rings is 1. The van der Waals surface area contributed by atoms with Crippen molar-refractivity contribution in [3.63, 3.8) is 0 Å². The maximum absolute atomic E-state index is 10.9. The van der Waals surface area contributed by atoms with Crippen LogP contribution in [-0.4, -0.2) is 17.0 Å². The summed E-state index contributed by atoms with van der Waals surface area (Å²) in [6.45, 7) is 1.74. The highest BCUT2D eigenvalue weighted by atomic mass is 16.4. The number of amides is 1. The molecular weight excluding hydrogens is 206 g/mol. The van der Waals surface area contributed by atoms with Gasteiger partial charge in [-0.1, -0.05) is 24.3 Å². The Morgan fingerprint density at radius 1 is 1.44 bits per heavy atom. The molecule has 0 aliphatic carbocycles. The summed E-state index contributed by atoms with van der Waals surface area (Å²) in [6.07, 6.45) is 3.44. The molecule has 0 heterocycles. The number of aromatic carboxylic acids is 1. The number of rotatable bonds is 4. The van der Waals surface area contributed by atoms with Gasteiger partial charge in [-0.05, 0) is 24.1 Å². The number of aryl methyl sites for hydroxylation is 1. The maximum Gasteiger partial charge on any atom is 0.335 e. The Hall–Kier alpha value is -2.10. The Labute approximate surface area is 93.4 Å². The summed E-state index contributed by atoms with van der Waals surface area (Å²) >= 11 is 0. The van der Waals surface area contributed by atoms with Crippen LogP contribution in [0.5, 0.6) is 0 Å². The van der Waals surface area contributed by atoms with E-state index >= 15 is 0 Å². The Bertz CT molecular complexity index is 450. The van der Waals surface area contributed by atoms with Gasteiger partial charge in [-0.25, -0.2) is 4.79 Å². The fourth-order valence-corrected chi connectivity index (χ4v) is 1.28. The first-order valence-corrected chi connectivity index (χ1v) is 4.79. The molecule has 0 bridgehead atoms. The normalized spacial score (nSPS) is 10.6. The van der Waals surface area contributed by atoms with Gasteiger partial charge in [0.1, 0.15) is 0 Å². The van der Waals surface area contributed by atoms with Crippen LogP contribution in [0.2, 0.25) is 0 Å².